The fourth-order valence-electron chi connectivity index (χ4n) is 2.88. The van der Waals surface area contributed by atoms with Gasteiger partial charge in [0.2, 0.25) is 0 Å². The minimum Gasteiger partial charge on any atom is -0.388 e. The van der Waals surface area contributed by atoms with Crippen LogP contribution in [-0.4, -0.2) is 51.0 Å². The number of aliphatic hydroxyl groups is 1. The van der Waals surface area contributed by atoms with Crippen LogP contribution in [0.25, 0.3) is 0 Å². The fraction of sp³-hybridized carbons (Fsp3) is 0.375. The lowest BCUT2D eigenvalue weighted by molar-refractivity contribution is 0.0249. The zero-order valence-electron chi connectivity index (χ0n) is 14.1. The Bertz CT molecular complexity index is 835. The Kier molecular flexibility index (Phi) is 4.94. The molecule has 0 atom stereocenters. The normalized spacial score (nSPS) is 16.5. The highest BCUT2D eigenvalue weighted by molar-refractivity contribution is 6.37. The summed E-state index contributed by atoms with van der Waals surface area (Å²) in [6, 6.07) is 1.58. The summed E-state index contributed by atoms with van der Waals surface area (Å²) in [5.74, 6) is 0.856. The number of rotatable bonds is 4. The van der Waals surface area contributed by atoms with Crippen LogP contribution < -0.4 is 22.1 Å². The molecule has 0 aromatic carbocycles. The quantitative estimate of drug-likeness (QED) is 0.478. The zero-order valence-corrected chi connectivity index (χ0v) is 14.9. The predicted octanol–water partition coefficient (Wildman–Crippen LogP) is 0.396. The lowest BCUT2D eigenvalue weighted by atomic mass is 9.92. The van der Waals surface area contributed by atoms with Crippen LogP contribution in [-0.2, 0) is 0 Å². The summed E-state index contributed by atoms with van der Waals surface area (Å²) in [5.41, 5.74) is 17.1. The van der Waals surface area contributed by atoms with E-state index in [-0.39, 0.29) is 34.6 Å². The molecule has 8 N–H and O–H groups in total. The van der Waals surface area contributed by atoms with E-state index < -0.39 is 5.60 Å². The summed E-state index contributed by atoms with van der Waals surface area (Å²) >= 11 is 6.12. The van der Waals surface area contributed by atoms with Gasteiger partial charge in [-0.1, -0.05) is 11.6 Å². The van der Waals surface area contributed by atoms with Crippen molar-refractivity contribution in [3.05, 3.63) is 34.7 Å². The largest absolute Gasteiger partial charge is 0.388 e. The Labute approximate surface area is 155 Å². The molecule has 0 bridgehead atoms. The summed E-state index contributed by atoms with van der Waals surface area (Å²) in [6.45, 7) is 1.44. The van der Waals surface area contributed by atoms with E-state index in [0.717, 1.165) is 0 Å². The van der Waals surface area contributed by atoms with E-state index in [4.69, 9.17) is 34.2 Å². The Morgan fingerprint density at radius 3 is 2.58 bits per heavy atom. The van der Waals surface area contributed by atoms with Crippen molar-refractivity contribution < 1.29 is 5.11 Å². The van der Waals surface area contributed by atoms with Crippen molar-refractivity contribution in [1.82, 2.24) is 15.0 Å². The van der Waals surface area contributed by atoms with Gasteiger partial charge in [-0.15, -0.1) is 0 Å². The molecule has 3 rings (SSSR count). The molecule has 138 valence electrons. The minimum atomic E-state index is -0.824. The molecule has 0 radical (unpaired) electrons. The summed E-state index contributed by atoms with van der Waals surface area (Å²) < 4.78 is 0. The maximum absolute atomic E-state index is 10.2. The number of nitrogens with zero attached hydrogens (tertiary/aromatic N) is 4. The number of nitrogens with two attached hydrogens (primary N) is 3. The number of nitrogen functional groups attached to an aromatic ring is 2. The van der Waals surface area contributed by atoms with Gasteiger partial charge >= 0.3 is 0 Å². The number of halogens is 1. The second kappa shape index (κ2) is 7.02. The van der Waals surface area contributed by atoms with Gasteiger partial charge < -0.3 is 27.2 Å². The highest BCUT2D eigenvalue weighted by atomic mass is 35.5. The first-order valence-electron chi connectivity index (χ1n) is 8.14. The average Bonchev–Trinajstić information content (AvgIpc) is 2.64. The smallest absolute Gasteiger partial charge is 0.154 e. The van der Waals surface area contributed by atoms with E-state index >= 15 is 0 Å². The summed E-state index contributed by atoms with van der Waals surface area (Å²) in [5, 5.41) is 18.7. The molecule has 2 aromatic rings. The van der Waals surface area contributed by atoms with Gasteiger partial charge in [0.05, 0.1) is 22.5 Å². The lowest BCUT2D eigenvalue weighted by Gasteiger charge is -2.37. The van der Waals surface area contributed by atoms with Gasteiger partial charge in [-0.25, -0.2) is 15.0 Å². The van der Waals surface area contributed by atoms with Crippen LogP contribution in [0.15, 0.2) is 18.5 Å². The number of hydrogen-bond donors (Lipinski definition) is 5. The van der Waals surface area contributed by atoms with Crippen molar-refractivity contribution in [2.45, 2.75) is 18.4 Å². The van der Waals surface area contributed by atoms with Crippen LogP contribution in [0, 0.1) is 5.41 Å². The number of pyridine rings is 1. The van der Waals surface area contributed by atoms with Gasteiger partial charge in [-0.3, -0.25) is 5.41 Å². The molecule has 9 nitrogen and oxygen atoms in total. The molecule has 0 spiro atoms. The van der Waals surface area contributed by atoms with E-state index in [1.165, 1.54) is 6.20 Å². The zero-order chi connectivity index (χ0) is 18.9. The van der Waals surface area contributed by atoms with E-state index in [9.17, 15) is 5.11 Å². The number of hydrogen-bond acceptors (Lipinski definition) is 9. The molecule has 1 aliphatic heterocycles. The second-order valence-electron chi connectivity index (χ2n) is 6.31. The van der Waals surface area contributed by atoms with Crippen LogP contribution in [0.2, 0.25) is 5.02 Å². The number of anilines is 3. The molecular formula is C16H21ClN8O. The van der Waals surface area contributed by atoms with Gasteiger partial charge in [-0.2, -0.15) is 0 Å². The first-order valence-corrected chi connectivity index (χ1v) is 8.51. The van der Waals surface area contributed by atoms with Crippen LogP contribution in [0.1, 0.15) is 24.1 Å². The summed E-state index contributed by atoms with van der Waals surface area (Å²) in [7, 11) is 0. The van der Waals surface area contributed by atoms with Gasteiger partial charge in [-0.05, 0) is 18.9 Å². The first-order chi connectivity index (χ1) is 12.3. The average molecular weight is 377 g/mol. The van der Waals surface area contributed by atoms with E-state index in [2.05, 4.69) is 15.0 Å². The van der Waals surface area contributed by atoms with Crippen molar-refractivity contribution >= 4 is 34.8 Å². The molecule has 1 saturated heterocycles. The van der Waals surface area contributed by atoms with Gasteiger partial charge in [0.15, 0.2) is 5.82 Å². The van der Waals surface area contributed by atoms with Gasteiger partial charge in [0, 0.05) is 31.4 Å². The molecule has 2 aromatic heterocycles. The molecule has 3 heterocycles. The van der Waals surface area contributed by atoms with E-state index in [1.807, 2.05) is 4.90 Å². The monoisotopic (exact) mass is 376 g/mol. The highest BCUT2D eigenvalue weighted by Crippen LogP contribution is 2.27. The Hall–Kier alpha value is -2.49. The summed E-state index contributed by atoms with van der Waals surface area (Å²) in [6.07, 6.45) is 4.13. The van der Waals surface area contributed by atoms with E-state index in [1.54, 1.807) is 12.3 Å². The molecule has 0 saturated carbocycles. The third-order valence-electron chi connectivity index (χ3n) is 4.61. The molecule has 1 fully saturated rings. The molecule has 10 heteroatoms. The van der Waals surface area contributed by atoms with Crippen molar-refractivity contribution in [2.24, 2.45) is 5.73 Å². The van der Waals surface area contributed by atoms with Crippen LogP contribution >= 0.6 is 11.6 Å². The second-order valence-corrected chi connectivity index (χ2v) is 6.69. The van der Waals surface area contributed by atoms with Crippen LogP contribution in [0.4, 0.5) is 17.5 Å². The molecule has 0 unspecified atom stereocenters. The maximum atomic E-state index is 10.2. The Morgan fingerprint density at radius 2 is 1.96 bits per heavy atom. The van der Waals surface area contributed by atoms with Crippen molar-refractivity contribution in [2.75, 3.05) is 36.0 Å². The third kappa shape index (κ3) is 3.41. The molecular weight excluding hydrogens is 356 g/mol. The molecule has 0 amide bonds. The molecule has 1 aliphatic rings. The van der Waals surface area contributed by atoms with Crippen molar-refractivity contribution in [3.8, 4) is 0 Å². The number of piperidine rings is 1. The standard InChI is InChI=1S/C16H21ClN8O/c17-11-9(1-4-22-14(11)20)12(19)13-15(21)24-10(7-23-13)25-5-2-16(26,8-18)3-6-25/h1,4,7,19,26H,2-3,5-6,8,18H2,(H2,20,22)(H2,21,24). The van der Waals surface area contributed by atoms with Crippen LogP contribution in [0.3, 0.4) is 0 Å². The Morgan fingerprint density at radius 1 is 1.27 bits per heavy atom. The maximum Gasteiger partial charge on any atom is 0.154 e. The van der Waals surface area contributed by atoms with Crippen molar-refractivity contribution in [3.63, 3.8) is 0 Å². The minimum absolute atomic E-state index is 0.0248. The van der Waals surface area contributed by atoms with E-state index in [0.29, 0.717) is 37.3 Å². The van der Waals surface area contributed by atoms with Crippen LogP contribution in [0.5, 0.6) is 0 Å². The Balaban J connectivity index is 1.82. The topological polar surface area (TPSA) is 164 Å². The lowest BCUT2D eigenvalue weighted by Crippen LogP contribution is -2.49. The van der Waals surface area contributed by atoms with Crippen molar-refractivity contribution in [1.29, 1.82) is 5.41 Å². The highest BCUT2D eigenvalue weighted by Gasteiger charge is 2.31. The fourth-order valence-corrected chi connectivity index (χ4v) is 3.08. The van der Waals surface area contributed by atoms with Gasteiger partial charge in [0.25, 0.3) is 0 Å². The summed E-state index contributed by atoms with van der Waals surface area (Å²) in [4.78, 5) is 14.5. The number of nitrogens with one attached hydrogen (secondary N) is 1. The first kappa shape index (κ1) is 18.3. The SMILES string of the molecule is N=C(c1ccnc(N)c1Cl)c1ncc(N2CCC(O)(CN)CC2)nc1N. The third-order valence-corrected chi connectivity index (χ3v) is 5.00. The van der Waals surface area contributed by atoms with Gasteiger partial charge in [0.1, 0.15) is 17.3 Å². The predicted molar refractivity (Wildman–Crippen MR) is 101 cm³/mol. The molecule has 26 heavy (non-hydrogen) atoms. The molecule has 0 aliphatic carbocycles. The number of aromatic nitrogens is 3.